The number of rotatable bonds is 3. The predicted octanol–water partition coefficient (Wildman–Crippen LogP) is 5.81. The number of hydrazone groups is 1. The van der Waals surface area contributed by atoms with E-state index in [2.05, 4.69) is 36.5 Å². The van der Waals surface area contributed by atoms with Crippen LogP contribution in [0, 0.1) is 0 Å². The van der Waals surface area contributed by atoms with Gasteiger partial charge in [0.1, 0.15) is 6.33 Å². The van der Waals surface area contributed by atoms with Crippen LogP contribution in [0.25, 0.3) is 11.4 Å². The summed E-state index contributed by atoms with van der Waals surface area (Å²) >= 11 is 3.65. The smallest absolute Gasteiger partial charge is 0.279 e. The maximum atomic E-state index is 13.2. The standard InChI is InChI=1S/C21H14BrF6N5/c22-19(11-16-4-3-7-30-31-16)6-2-1-5-17(19)33-12-29-18(32-33)13-8-14(20(23,24)25)10-15(9-13)21(26,27)28/h1-12,17,31H/b16-11-. The first-order valence-corrected chi connectivity index (χ1v) is 10.2. The Morgan fingerprint density at radius 3 is 2.30 bits per heavy atom. The van der Waals surface area contributed by atoms with E-state index in [1.165, 1.54) is 11.0 Å². The van der Waals surface area contributed by atoms with Crippen molar-refractivity contribution in [1.29, 1.82) is 0 Å². The van der Waals surface area contributed by atoms with Gasteiger partial charge in [0, 0.05) is 11.8 Å². The number of allylic oxidation sites excluding steroid dienone is 7. The molecule has 33 heavy (non-hydrogen) atoms. The van der Waals surface area contributed by atoms with Gasteiger partial charge in [-0.3, -0.25) is 5.43 Å². The molecular formula is C21H14BrF6N5. The molecule has 0 saturated heterocycles. The van der Waals surface area contributed by atoms with Crippen LogP contribution < -0.4 is 5.43 Å². The third-order valence-electron chi connectivity index (χ3n) is 4.86. The first-order chi connectivity index (χ1) is 15.5. The maximum Gasteiger partial charge on any atom is 0.416 e. The second kappa shape index (κ2) is 8.32. The number of halogens is 7. The molecule has 1 aromatic heterocycles. The van der Waals surface area contributed by atoms with Gasteiger partial charge in [-0.2, -0.15) is 36.5 Å². The van der Waals surface area contributed by atoms with Crippen LogP contribution in [0.4, 0.5) is 26.3 Å². The summed E-state index contributed by atoms with van der Waals surface area (Å²) in [6.45, 7) is 0. The van der Waals surface area contributed by atoms with Crippen molar-refractivity contribution in [3.8, 4) is 11.4 Å². The highest BCUT2D eigenvalue weighted by molar-refractivity contribution is 9.10. The molecule has 172 valence electrons. The number of aromatic nitrogens is 3. The Labute approximate surface area is 192 Å². The highest BCUT2D eigenvalue weighted by Crippen LogP contribution is 2.40. The van der Waals surface area contributed by atoms with E-state index < -0.39 is 39.4 Å². The van der Waals surface area contributed by atoms with Crippen molar-refractivity contribution in [3.05, 3.63) is 83.9 Å². The van der Waals surface area contributed by atoms with Crippen LogP contribution in [0.15, 0.2) is 77.9 Å². The summed E-state index contributed by atoms with van der Waals surface area (Å²) < 4.78 is 79.8. The molecule has 1 N–H and O–H groups in total. The van der Waals surface area contributed by atoms with Crippen LogP contribution in [-0.4, -0.2) is 25.3 Å². The zero-order valence-corrected chi connectivity index (χ0v) is 18.0. The van der Waals surface area contributed by atoms with Gasteiger partial charge < -0.3 is 0 Å². The minimum Gasteiger partial charge on any atom is -0.279 e. The molecule has 1 aliphatic carbocycles. The zero-order chi connectivity index (χ0) is 23.9. The molecule has 12 heteroatoms. The Balaban J connectivity index is 1.73. The summed E-state index contributed by atoms with van der Waals surface area (Å²) in [5.74, 6) is -0.266. The average Bonchev–Trinajstić information content (AvgIpc) is 3.23. The van der Waals surface area contributed by atoms with Gasteiger partial charge in [0.25, 0.3) is 0 Å². The SMILES string of the molecule is FC(F)(F)c1cc(-c2ncn(C3C=CC=CC3(Br)/C=C3/C=CC=NN3)n2)cc(C(F)(F)F)c1. The molecule has 2 aliphatic rings. The Morgan fingerprint density at radius 2 is 1.70 bits per heavy atom. The van der Waals surface area contributed by atoms with Gasteiger partial charge in [0.05, 0.1) is 27.2 Å². The van der Waals surface area contributed by atoms with E-state index in [4.69, 9.17) is 0 Å². The minimum atomic E-state index is -4.96. The van der Waals surface area contributed by atoms with Crippen LogP contribution in [-0.2, 0) is 12.4 Å². The Hall–Kier alpha value is -3.15. The highest BCUT2D eigenvalue weighted by atomic mass is 79.9. The van der Waals surface area contributed by atoms with Crippen molar-refractivity contribution < 1.29 is 26.3 Å². The first kappa shape index (κ1) is 23.0. The normalized spacial score (nSPS) is 23.8. The number of nitrogens with one attached hydrogen (secondary N) is 1. The quantitative estimate of drug-likeness (QED) is 0.403. The van der Waals surface area contributed by atoms with Crippen molar-refractivity contribution in [1.82, 2.24) is 20.2 Å². The van der Waals surface area contributed by atoms with E-state index in [1.54, 1.807) is 36.6 Å². The van der Waals surface area contributed by atoms with E-state index in [-0.39, 0.29) is 11.9 Å². The van der Waals surface area contributed by atoms with Crippen LogP contribution in [0.1, 0.15) is 17.2 Å². The molecule has 0 bridgehead atoms. The van der Waals surface area contributed by atoms with Crippen molar-refractivity contribution in [3.63, 3.8) is 0 Å². The van der Waals surface area contributed by atoms with Crippen LogP contribution in [0.5, 0.6) is 0 Å². The highest BCUT2D eigenvalue weighted by Gasteiger charge is 2.38. The Bertz CT molecular complexity index is 1170. The van der Waals surface area contributed by atoms with Gasteiger partial charge >= 0.3 is 12.4 Å². The summed E-state index contributed by atoms with van der Waals surface area (Å²) in [7, 11) is 0. The molecule has 5 nitrogen and oxygen atoms in total. The summed E-state index contributed by atoms with van der Waals surface area (Å²) in [6.07, 6.45) is 5.37. The molecule has 2 atom stereocenters. The summed E-state index contributed by atoms with van der Waals surface area (Å²) in [4.78, 5) is 3.98. The fourth-order valence-electron chi connectivity index (χ4n) is 3.33. The second-order valence-electron chi connectivity index (χ2n) is 7.21. The molecule has 2 aromatic rings. The fraction of sp³-hybridized carbons (Fsp3) is 0.190. The number of alkyl halides is 7. The Kier molecular flexibility index (Phi) is 5.81. The molecule has 0 radical (unpaired) electrons. The van der Waals surface area contributed by atoms with E-state index in [0.29, 0.717) is 17.8 Å². The van der Waals surface area contributed by atoms with Gasteiger partial charge in [-0.1, -0.05) is 40.2 Å². The van der Waals surface area contributed by atoms with Crippen LogP contribution in [0.2, 0.25) is 0 Å². The maximum absolute atomic E-state index is 13.2. The van der Waals surface area contributed by atoms with Crippen molar-refractivity contribution in [2.45, 2.75) is 22.7 Å². The lowest BCUT2D eigenvalue weighted by atomic mass is 9.93. The molecule has 0 fully saturated rings. The summed E-state index contributed by atoms with van der Waals surface area (Å²) in [5.41, 5.74) is 0.252. The lowest BCUT2D eigenvalue weighted by molar-refractivity contribution is -0.143. The van der Waals surface area contributed by atoms with Crippen molar-refractivity contribution >= 4 is 22.1 Å². The van der Waals surface area contributed by atoms with E-state index in [0.717, 1.165) is 0 Å². The third kappa shape index (κ3) is 4.95. The minimum absolute atomic E-state index is 0.0675. The molecule has 0 spiro atoms. The van der Waals surface area contributed by atoms with E-state index in [9.17, 15) is 26.3 Å². The molecule has 0 amide bonds. The first-order valence-electron chi connectivity index (χ1n) is 9.40. The lowest BCUT2D eigenvalue weighted by Crippen LogP contribution is -2.31. The lowest BCUT2D eigenvalue weighted by Gasteiger charge is -2.31. The molecule has 1 aliphatic heterocycles. The number of hydrogen-bond donors (Lipinski definition) is 1. The largest absolute Gasteiger partial charge is 0.416 e. The van der Waals surface area contributed by atoms with E-state index >= 15 is 0 Å². The van der Waals surface area contributed by atoms with Crippen LogP contribution >= 0.6 is 15.9 Å². The monoisotopic (exact) mass is 529 g/mol. The molecule has 4 rings (SSSR count). The van der Waals surface area contributed by atoms with Gasteiger partial charge in [-0.15, -0.1) is 0 Å². The van der Waals surface area contributed by atoms with Crippen molar-refractivity contribution in [2.75, 3.05) is 0 Å². The fourth-order valence-corrected chi connectivity index (χ4v) is 4.09. The summed E-state index contributed by atoms with van der Waals surface area (Å²) in [5, 5.41) is 8.14. The number of benzene rings is 1. The van der Waals surface area contributed by atoms with Crippen molar-refractivity contribution in [2.24, 2.45) is 5.10 Å². The number of hydrogen-bond acceptors (Lipinski definition) is 4. The molecule has 2 unspecified atom stereocenters. The number of nitrogens with zero attached hydrogens (tertiary/aromatic N) is 4. The topological polar surface area (TPSA) is 55.1 Å². The average molecular weight is 530 g/mol. The predicted molar refractivity (Wildman–Crippen MR) is 113 cm³/mol. The third-order valence-corrected chi connectivity index (χ3v) is 5.82. The second-order valence-corrected chi connectivity index (χ2v) is 8.58. The molecular weight excluding hydrogens is 516 g/mol. The molecule has 0 saturated carbocycles. The molecule has 2 heterocycles. The van der Waals surface area contributed by atoms with E-state index in [1.807, 2.05) is 12.2 Å². The molecule has 1 aromatic carbocycles. The van der Waals surface area contributed by atoms with Gasteiger partial charge in [-0.25, -0.2) is 9.67 Å². The Morgan fingerprint density at radius 1 is 1.00 bits per heavy atom. The van der Waals surface area contributed by atoms with Gasteiger partial charge in [-0.05, 0) is 36.4 Å². The zero-order valence-electron chi connectivity index (χ0n) is 16.4. The van der Waals surface area contributed by atoms with Gasteiger partial charge in [0.15, 0.2) is 5.82 Å². The summed E-state index contributed by atoms with van der Waals surface area (Å²) in [6, 6.07) is 0.746. The van der Waals surface area contributed by atoms with Gasteiger partial charge in [0.2, 0.25) is 0 Å². The van der Waals surface area contributed by atoms with Crippen LogP contribution in [0.3, 0.4) is 0 Å².